The fraction of sp³-hybridized carbons (Fsp3) is 0.500. The molecule has 0 saturated heterocycles. The Labute approximate surface area is 120 Å². The fourth-order valence-electron chi connectivity index (χ4n) is 1.50. The Kier molecular flexibility index (Phi) is 6.66. The molecule has 0 amide bonds. The van der Waals surface area contributed by atoms with Crippen molar-refractivity contribution in [1.29, 1.82) is 0 Å². The third-order valence-corrected chi connectivity index (χ3v) is 2.39. The van der Waals surface area contributed by atoms with Crippen molar-refractivity contribution in [3.63, 3.8) is 0 Å². The average Bonchev–Trinajstić information content (AvgIpc) is 2.37. The third-order valence-electron chi connectivity index (χ3n) is 2.39. The van der Waals surface area contributed by atoms with Gasteiger partial charge in [-0.2, -0.15) is 0 Å². The number of ether oxygens (including phenoxy) is 2. The fourth-order valence-corrected chi connectivity index (χ4v) is 1.50. The largest absolute Gasteiger partial charge is 0.374 e. The van der Waals surface area contributed by atoms with E-state index in [-0.39, 0.29) is 18.0 Å². The van der Waals surface area contributed by atoms with Crippen LogP contribution in [0.15, 0.2) is 18.2 Å². The maximum atomic E-state index is 13.5. The lowest BCUT2D eigenvalue weighted by molar-refractivity contribution is -0.0376. The predicted octanol–water partition coefficient (Wildman–Crippen LogP) is 2.47. The molecule has 0 fully saturated rings. The van der Waals surface area contributed by atoms with E-state index >= 15 is 0 Å². The van der Waals surface area contributed by atoms with Gasteiger partial charge in [0.05, 0.1) is 37.5 Å². The van der Waals surface area contributed by atoms with Crippen molar-refractivity contribution in [2.24, 2.45) is 5.73 Å². The van der Waals surface area contributed by atoms with Crippen LogP contribution < -0.4 is 5.73 Å². The molecule has 3 nitrogen and oxygen atoms in total. The van der Waals surface area contributed by atoms with Gasteiger partial charge in [0.1, 0.15) is 5.82 Å². The van der Waals surface area contributed by atoms with Gasteiger partial charge in [-0.1, -0.05) is 17.9 Å². The van der Waals surface area contributed by atoms with E-state index < -0.39 is 0 Å². The number of benzene rings is 1. The molecule has 0 unspecified atom stereocenters. The minimum atomic E-state index is -0.342. The lowest BCUT2D eigenvalue weighted by atomic mass is 10.1. The second-order valence-corrected chi connectivity index (χ2v) is 5.33. The van der Waals surface area contributed by atoms with Gasteiger partial charge in [0.25, 0.3) is 0 Å². The summed E-state index contributed by atoms with van der Waals surface area (Å²) >= 11 is 0. The van der Waals surface area contributed by atoms with E-state index in [9.17, 15) is 4.39 Å². The quantitative estimate of drug-likeness (QED) is 0.665. The third kappa shape index (κ3) is 6.67. The topological polar surface area (TPSA) is 44.5 Å². The second kappa shape index (κ2) is 8.01. The van der Waals surface area contributed by atoms with Crippen molar-refractivity contribution in [2.45, 2.75) is 33.0 Å². The molecular formula is C16H22FNO2. The molecule has 0 spiro atoms. The first-order valence-electron chi connectivity index (χ1n) is 6.61. The highest BCUT2D eigenvalue weighted by atomic mass is 19.1. The number of hydrogen-bond donors (Lipinski definition) is 1. The molecule has 0 aliphatic heterocycles. The van der Waals surface area contributed by atoms with E-state index in [4.69, 9.17) is 15.2 Å². The second-order valence-electron chi connectivity index (χ2n) is 5.33. The summed E-state index contributed by atoms with van der Waals surface area (Å²) in [6.45, 7) is 7.64. The SMILES string of the molecule is CC(C)(C)OCCOCc1ccc(F)c(C#CCN)c1. The Morgan fingerprint density at radius 1 is 1.25 bits per heavy atom. The lowest BCUT2D eigenvalue weighted by Gasteiger charge is -2.19. The summed E-state index contributed by atoms with van der Waals surface area (Å²) < 4.78 is 24.5. The van der Waals surface area contributed by atoms with Crippen molar-refractivity contribution in [1.82, 2.24) is 0 Å². The first-order valence-corrected chi connectivity index (χ1v) is 6.61. The molecule has 0 heterocycles. The maximum absolute atomic E-state index is 13.5. The zero-order chi connectivity index (χ0) is 15.0. The summed E-state index contributed by atoms with van der Waals surface area (Å²) in [4.78, 5) is 0. The van der Waals surface area contributed by atoms with Gasteiger partial charge in [-0.05, 0) is 38.5 Å². The van der Waals surface area contributed by atoms with E-state index in [0.29, 0.717) is 25.4 Å². The summed E-state index contributed by atoms with van der Waals surface area (Å²) in [5, 5.41) is 0. The van der Waals surface area contributed by atoms with Crippen LogP contribution in [0.4, 0.5) is 4.39 Å². The van der Waals surface area contributed by atoms with Crippen LogP contribution in [-0.4, -0.2) is 25.4 Å². The van der Waals surface area contributed by atoms with E-state index in [0.717, 1.165) is 5.56 Å². The van der Waals surface area contributed by atoms with Gasteiger partial charge in [-0.15, -0.1) is 0 Å². The zero-order valence-electron chi connectivity index (χ0n) is 12.3. The van der Waals surface area contributed by atoms with E-state index in [1.165, 1.54) is 6.07 Å². The number of halogens is 1. The van der Waals surface area contributed by atoms with Crippen molar-refractivity contribution in [3.8, 4) is 11.8 Å². The van der Waals surface area contributed by atoms with Crippen LogP contribution in [0.2, 0.25) is 0 Å². The van der Waals surface area contributed by atoms with Crippen LogP contribution in [0.25, 0.3) is 0 Å². The molecule has 4 heteroatoms. The highest BCUT2D eigenvalue weighted by Gasteiger charge is 2.09. The Morgan fingerprint density at radius 3 is 2.65 bits per heavy atom. The summed E-state index contributed by atoms with van der Waals surface area (Å²) in [5.74, 6) is 5.00. The van der Waals surface area contributed by atoms with E-state index in [1.54, 1.807) is 12.1 Å². The molecule has 0 aromatic heterocycles. The van der Waals surface area contributed by atoms with E-state index in [2.05, 4.69) is 11.8 Å². The highest BCUT2D eigenvalue weighted by Crippen LogP contribution is 2.11. The Balaban J connectivity index is 2.45. The van der Waals surface area contributed by atoms with Crippen LogP contribution in [0.1, 0.15) is 31.9 Å². The van der Waals surface area contributed by atoms with Gasteiger partial charge in [-0.25, -0.2) is 4.39 Å². The van der Waals surface area contributed by atoms with Gasteiger partial charge in [-0.3, -0.25) is 0 Å². The minimum Gasteiger partial charge on any atom is -0.374 e. The first kappa shape index (κ1) is 16.6. The smallest absolute Gasteiger partial charge is 0.138 e. The van der Waals surface area contributed by atoms with Crippen LogP contribution in [-0.2, 0) is 16.1 Å². The van der Waals surface area contributed by atoms with E-state index in [1.807, 2.05) is 20.8 Å². The van der Waals surface area contributed by atoms with Gasteiger partial charge >= 0.3 is 0 Å². The molecule has 1 aromatic carbocycles. The highest BCUT2D eigenvalue weighted by molar-refractivity contribution is 5.38. The standard InChI is InChI=1S/C16H22FNO2/c1-16(2,3)20-10-9-19-12-13-6-7-15(17)14(11-13)5-4-8-18/h6-7,11H,8-10,12,18H2,1-3H3. The molecule has 0 bridgehead atoms. The molecule has 0 aliphatic carbocycles. The number of nitrogens with two attached hydrogens (primary N) is 1. The molecule has 0 aliphatic rings. The normalized spacial score (nSPS) is 11.1. The van der Waals surface area contributed by atoms with Crippen LogP contribution >= 0.6 is 0 Å². The van der Waals surface area contributed by atoms with Crippen LogP contribution in [0, 0.1) is 17.7 Å². The summed E-state index contributed by atoms with van der Waals surface area (Å²) in [7, 11) is 0. The van der Waals surface area contributed by atoms with Crippen LogP contribution in [0.3, 0.4) is 0 Å². The number of rotatable bonds is 5. The molecule has 2 N–H and O–H groups in total. The van der Waals surface area contributed by atoms with Gasteiger partial charge in [0.15, 0.2) is 0 Å². The summed E-state index contributed by atoms with van der Waals surface area (Å²) in [5.41, 5.74) is 6.34. The molecule has 20 heavy (non-hydrogen) atoms. The number of hydrogen-bond acceptors (Lipinski definition) is 3. The molecule has 0 saturated carbocycles. The summed E-state index contributed by atoms with van der Waals surface area (Å²) in [6, 6.07) is 4.76. The van der Waals surface area contributed by atoms with Gasteiger partial charge in [0.2, 0.25) is 0 Å². The molecule has 0 radical (unpaired) electrons. The summed E-state index contributed by atoms with van der Waals surface area (Å²) in [6.07, 6.45) is 0. The Hall–Kier alpha value is -1.41. The van der Waals surface area contributed by atoms with Gasteiger partial charge in [0, 0.05) is 0 Å². The van der Waals surface area contributed by atoms with Crippen molar-refractivity contribution in [3.05, 3.63) is 35.1 Å². The first-order chi connectivity index (χ1) is 9.42. The molecular weight excluding hydrogens is 257 g/mol. The predicted molar refractivity (Wildman–Crippen MR) is 77.7 cm³/mol. The van der Waals surface area contributed by atoms with Crippen molar-refractivity contribution >= 4 is 0 Å². The zero-order valence-corrected chi connectivity index (χ0v) is 12.3. The Bertz CT molecular complexity index is 483. The monoisotopic (exact) mass is 279 g/mol. The minimum absolute atomic E-state index is 0.162. The maximum Gasteiger partial charge on any atom is 0.138 e. The molecule has 110 valence electrons. The Morgan fingerprint density at radius 2 is 2.00 bits per heavy atom. The van der Waals surface area contributed by atoms with Crippen molar-refractivity contribution < 1.29 is 13.9 Å². The van der Waals surface area contributed by atoms with Crippen LogP contribution in [0.5, 0.6) is 0 Å². The average molecular weight is 279 g/mol. The molecule has 1 aromatic rings. The van der Waals surface area contributed by atoms with Crippen molar-refractivity contribution in [2.75, 3.05) is 19.8 Å². The molecule has 0 atom stereocenters. The lowest BCUT2D eigenvalue weighted by Crippen LogP contribution is -2.21. The molecule has 1 rings (SSSR count). The van der Waals surface area contributed by atoms with Gasteiger partial charge < -0.3 is 15.2 Å².